The summed E-state index contributed by atoms with van der Waals surface area (Å²) in [6, 6.07) is 1.65. The van der Waals surface area contributed by atoms with Crippen molar-refractivity contribution < 1.29 is 0 Å². The van der Waals surface area contributed by atoms with E-state index in [0.717, 1.165) is 0 Å². The molecule has 0 amide bonds. The Morgan fingerprint density at radius 3 is 2.50 bits per heavy atom. The summed E-state index contributed by atoms with van der Waals surface area (Å²) in [5.41, 5.74) is 0. The lowest BCUT2D eigenvalue weighted by atomic mass is 10.6. The number of hydrogen-bond donors (Lipinski definition) is 0. The summed E-state index contributed by atoms with van der Waals surface area (Å²) in [5, 5.41) is 0. The quantitative estimate of drug-likeness (QED) is 0.513. The van der Waals surface area contributed by atoms with Crippen LogP contribution in [0.2, 0.25) is 19.1 Å². The molecule has 0 aliphatic heterocycles. The standard InChI is InChI=1S/C5H18Si3/c1-4-5-7-8(3)6-2/h8H,4-7H2,1-3H3. The van der Waals surface area contributed by atoms with Crippen LogP contribution in [0.4, 0.5) is 0 Å². The van der Waals surface area contributed by atoms with Crippen molar-refractivity contribution >= 4 is 25.9 Å². The highest BCUT2D eigenvalue weighted by atomic mass is 29.6. The van der Waals surface area contributed by atoms with Crippen LogP contribution in [0.25, 0.3) is 0 Å². The van der Waals surface area contributed by atoms with E-state index in [4.69, 9.17) is 0 Å². The van der Waals surface area contributed by atoms with Gasteiger partial charge in [-0.3, -0.25) is 0 Å². The van der Waals surface area contributed by atoms with Crippen molar-refractivity contribution in [1.82, 2.24) is 0 Å². The number of rotatable bonds is 4. The molecule has 50 valence electrons. The second kappa shape index (κ2) is 5.78. The fourth-order valence-corrected chi connectivity index (χ4v) is 13.1. The van der Waals surface area contributed by atoms with Gasteiger partial charge in [-0.25, -0.2) is 0 Å². The van der Waals surface area contributed by atoms with Gasteiger partial charge in [0.1, 0.15) is 0 Å². The summed E-state index contributed by atoms with van der Waals surface area (Å²) in [6.45, 7) is 7.42. The average molecular weight is 162 g/mol. The van der Waals surface area contributed by atoms with Gasteiger partial charge in [-0.2, -0.15) is 0 Å². The highest BCUT2D eigenvalue weighted by Gasteiger charge is 1.98. The molecule has 3 heteroatoms. The molecule has 0 saturated heterocycles. The third-order valence-electron chi connectivity index (χ3n) is 1.75. The van der Waals surface area contributed by atoms with E-state index < -0.39 is 0 Å². The molecule has 0 aliphatic carbocycles. The predicted molar refractivity (Wildman–Crippen MR) is 51.1 cm³/mol. The van der Waals surface area contributed by atoms with E-state index in [1.54, 1.807) is 6.04 Å². The van der Waals surface area contributed by atoms with Crippen molar-refractivity contribution in [1.29, 1.82) is 0 Å². The summed E-state index contributed by atoms with van der Waals surface area (Å²) in [7, 11) is 1.13. The van der Waals surface area contributed by atoms with Crippen LogP contribution in [0.1, 0.15) is 13.3 Å². The number of hydrogen-bond acceptors (Lipinski definition) is 0. The largest absolute Gasteiger partial charge is 0.0771 e. The smallest absolute Gasteiger partial charge is 0.00953 e. The minimum atomic E-state index is 0.0788. The van der Waals surface area contributed by atoms with Crippen LogP contribution < -0.4 is 0 Å². The molecule has 0 rings (SSSR count). The Bertz CT molecular complexity index is 46.9. The second-order valence-corrected chi connectivity index (χ2v) is 23.0. The summed E-state index contributed by atoms with van der Waals surface area (Å²) in [5.74, 6) is 0. The van der Waals surface area contributed by atoms with E-state index in [0.29, 0.717) is 18.1 Å². The summed E-state index contributed by atoms with van der Waals surface area (Å²) in [6.07, 6.45) is 1.47. The molecule has 1 atom stereocenters. The molecule has 0 radical (unpaired) electrons. The maximum absolute atomic E-state index is 2.59. The van der Waals surface area contributed by atoms with Crippen molar-refractivity contribution in [3.63, 3.8) is 0 Å². The third-order valence-corrected chi connectivity index (χ3v) is 22.5. The van der Waals surface area contributed by atoms with Gasteiger partial charge in [-0.1, -0.05) is 32.5 Å². The molecule has 0 aromatic carbocycles. The fraction of sp³-hybridized carbons (Fsp3) is 1.00. The zero-order chi connectivity index (χ0) is 6.41. The van der Waals surface area contributed by atoms with Gasteiger partial charge in [-0.15, -0.1) is 0 Å². The lowest BCUT2D eigenvalue weighted by Gasteiger charge is -2.00. The molecule has 0 bridgehead atoms. The Morgan fingerprint density at radius 2 is 2.12 bits per heavy atom. The van der Waals surface area contributed by atoms with E-state index in [1.807, 2.05) is 0 Å². The van der Waals surface area contributed by atoms with Crippen LogP contribution >= 0.6 is 0 Å². The lowest BCUT2D eigenvalue weighted by molar-refractivity contribution is 1.08. The molecule has 0 aromatic rings. The van der Waals surface area contributed by atoms with Crippen molar-refractivity contribution in [3.8, 4) is 0 Å². The first-order valence-corrected chi connectivity index (χ1v) is 13.9. The first kappa shape index (κ1) is 8.65. The summed E-state index contributed by atoms with van der Waals surface area (Å²) in [4.78, 5) is 0. The molecule has 0 aromatic heterocycles. The highest BCUT2D eigenvalue weighted by molar-refractivity contribution is 7.39. The molecule has 0 saturated carbocycles. The van der Waals surface area contributed by atoms with Crippen molar-refractivity contribution in [2.45, 2.75) is 32.5 Å². The molecule has 0 heterocycles. The van der Waals surface area contributed by atoms with Gasteiger partial charge >= 0.3 is 0 Å². The van der Waals surface area contributed by atoms with Crippen LogP contribution in [0.5, 0.6) is 0 Å². The van der Waals surface area contributed by atoms with Crippen LogP contribution in [-0.4, -0.2) is 25.9 Å². The minimum Gasteiger partial charge on any atom is -0.0771 e. The predicted octanol–water partition coefficient (Wildman–Crippen LogP) is 0.0507. The maximum atomic E-state index is 2.59. The average Bonchev–Trinajstić information content (AvgIpc) is 1.83. The Morgan fingerprint density at radius 1 is 1.50 bits per heavy atom. The lowest BCUT2D eigenvalue weighted by Crippen LogP contribution is -2.23. The van der Waals surface area contributed by atoms with E-state index in [-0.39, 0.29) is 7.83 Å². The van der Waals surface area contributed by atoms with Crippen molar-refractivity contribution in [3.05, 3.63) is 0 Å². The topological polar surface area (TPSA) is 0 Å². The SMILES string of the molecule is CCC[SiH2][SiH](C)[SiH2]C. The van der Waals surface area contributed by atoms with Gasteiger partial charge < -0.3 is 0 Å². The van der Waals surface area contributed by atoms with E-state index in [9.17, 15) is 0 Å². The zero-order valence-electron chi connectivity index (χ0n) is 6.41. The van der Waals surface area contributed by atoms with E-state index in [2.05, 4.69) is 20.0 Å². The van der Waals surface area contributed by atoms with Crippen LogP contribution in [0.15, 0.2) is 0 Å². The molecular weight excluding hydrogens is 144 g/mol. The first-order valence-electron chi connectivity index (χ1n) is 3.81. The second-order valence-electron chi connectivity index (χ2n) is 2.66. The molecule has 1 unspecified atom stereocenters. The highest BCUT2D eigenvalue weighted by Crippen LogP contribution is 1.87. The van der Waals surface area contributed by atoms with Gasteiger partial charge in [-0.05, 0) is 0 Å². The van der Waals surface area contributed by atoms with Gasteiger partial charge in [0.05, 0.1) is 0 Å². The molecule has 0 fully saturated rings. The molecular formula is C5H18Si3. The Labute approximate surface area is 58.9 Å². The van der Waals surface area contributed by atoms with Gasteiger partial charge in [0.25, 0.3) is 0 Å². The summed E-state index contributed by atoms with van der Waals surface area (Å²) < 4.78 is 0. The first-order chi connectivity index (χ1) is 3.81. The Balaban J connectivity index is 2.86. The van der Waals surface area contributed by atoms with E-state index in [1.165, 1.54) is 6.42 Å². The minimum absolute atomic E-state index is 0.0788. The van der Waals surface area contributed by atoms with Crippen molar-refractivity contribution in [2.24, 2.45) is 0 Å². The van der Waals surface area contributed by atoms with E-state index >= 15 is 0 Å². The fourth-order valence-electron chi connectivity index (χ4n) is 0.757. The normalized spacial score (nSPS) is 16.9. The Kier molecular flexibility index (Phi) is 6.25. The van der Waals surface area contributed by atoms with Crippen LogP contribution in [0, 0.1) is 0 Å². The summed E-state index contributed by atoms with van der Waals surface area (Å²) >= 11 is 0. The van der Waals surface area contributed by atoms with Gasteiger partial charge in [0.15, 0.2) is 0 Å². The van der Waals surface area contributed by atoms with Gasteiger partial charge in [0.2, 0.25) is 0 Å². The molecule has 0 nitrogen and oxygen atoms in total. The molecule has 0 aliphatic rings. The van der Waals surface area contributed by atoms with Crippen LogP contribution in [-0.2, 0) is 0 Å². The molecule has 0 N–H and O–H groups in total. The van der Waals surface area contributed by atoms with Gasteiger partial charge in [0, 0.05) is 25.9 Å². The monoisotopic (exact) mass is 162 g/mol. The zero-order valence-corrected chi connectivity index (χ0v) is 10.4. The molecule has 8 heavy (non-hydrogen) atoms. The third kappa shape index (κ3) is 4.80. The van der Waals surface area contributed by atoms with Crippen LogP contribution in [0.3, 0.4) is 0 Å². The maximum Gasteiger partial charge on any atom is 0.00953 e. The van der Waals surface area contributed by atoms with Crippen molar-refractivity contribution in [2.75, 3.05) is 0 Å². The molecule has 0 spiro atoms. The Hall–Kier alpha value is 0.651.